The SMILES string of the molecule is Cc1cc(C)c(S(=O)(=O)N[C@@H](CNC(=O)CO[C@@H]2C[C@@H](CNc3ccccn3)N(C(=O)Nc3ccccc3)C2)C(=O)O)c(C)c1. The van der Waals surface area contributed by atoms with E-state index in [9.17, 15) is 27.9 Å². The maximum atomic E-state index is 13.2. The van der Waals surface area contributed by atoms with Crippen molar-refractivity contribution in [2.24, 2.45) is 0 Å². The van der Waals surface area contributed by atoms with E-state index in [1.165, 1.54) is 0 Å². The van der Waals surface area contributed by atoms with Gasteiger partial charge in [-0.1, -0.05) is 42.0 Å². The molecule has 45 heavy (non-hydrogen) atoms. The molecule has 0 unspecified atom stereocenters. The molecule has 0 bridgehead atoms. The second kappa shape index (κ2) is 15.0. The highest BCUT2D eigenvalue weighted by molar-refractivity contribution is 7.89. The Morgan fingerprint density at radius 1 is 1.04 bits per heavy atom. The molecule has 13 nitrogen and oxygen atoms in total. The highest BCUT2D eigenvalue weighted by atomic mass is 32.2. The third-order valence-electron chi connectivity index (χ3n) is 7.27. The number of amides is 3. The summed E-state index contributed by atoms with van der Waals surface area (Å²) < 4.78 is 34.1. The molecule has 0 spiro atoms. The summed E-state index contributed by atoms with van der Waals surface area (Å²) in [6.45, 7) is 4.82. The van der Waals surface area contributed by atoms with Gasteiger partial charge in [-0.25, -0.2) is 18.2 Å². The molecule has 4 rings (SSSR count). The van der Waals surface area contributed by atoms with E-state index < -0.39 is 47.2 Å². The second-order valence-corrected chi connectivity index (χ2v) is 12.6. The first kappa shape index (κ1) is 33.4. The number of aliphatic carboxylic acids is 1. The molecule has 0 aliphatic carbocycles. The van der Waals surface area contributed by atoms with Gasteiger partial charge in [-0.15, -0.1) is 0 Å². The zero-order valence-electron chi connectivity index (χ0n) is 25.3. The first-order chi connectivity index (χ1) is 21.4. The van der Waals surface area contributed by atoms with Gasteiger partial charge in [0.1, 0.15) is 18.5 Å². The normalized spacial score (nSPS) is 17.0. The van der Waals surface area contributed by atoms with Gasteiger partial charge in [-0.3, -0.25) is 9.59 Å². The number of hydrogen-bond donors (Lipinski definition) is 5. The molecule has 1 aromatic heterocycles. The number of ether oxygens (including phenoxy) is 1. The fraction of sp³-hybridized carbons (Fsp3) is 0.355. The Labute approximate surface area is 262 Å². The lowest BCUT2D eigenvalue weighted by molar-refractivity contribution is -0.139. The number of aryl methyl sites for hydroxylation is 3. The van der Waals surface area contributed by atoms with Crippen LogP contribution in [-0.2, 0) is 24.3 Å². The molecule has 2 heterocycles. The van der Waals surface area contributed by atoms with Gasteiger partial charge in [0.2, 0.25) is 15.9 Å². The van der Waals surface area contributed by atoms with Gasteiger partial charge in [-0.2, -0.15) is 4.72 Å². The van der Waals surface area contributed by atoms with Crippen molar-refractivity contribution >= 4 is 39.4 Å². The highest BCUT2D eigenvalue weighted by Crippen LogP contribution is 2.23. The fourth-order valence-corrected chi connectivity index (χ4v) is 6.96. The predicted octanol–water partition coefficient (Wildman–Crippen LogP) is 2.66. The van der Waals surface area contributed by atoms with Crippen LogP contribution in [0.4, 0.5) is 16.3 Å². The Morgan fingerprint density at radius 3 is 2.38 bits per heavy atom. The van der Waals surface area contributed by atoms with Crippen LogP contribution in [0.1, 0.15) is 23.1 Å². The molecule has 3 amide bonds. The smallest absolute Gasteiger partial charge is 0.323 e. The molecule has 3 aromatic rings. The van der Waals surface area contributed by atoms with E-state index in [4.69, 9.17) is 4.74 Å². The third-order valence-corrected chi connectivity index (χ3v) is 9.04. The van der Waals surface area contributed by atoms with Crippen molar-refractivity contribution in [3.8, 4) is 0 Å². The number of nitrogens with zero attached hydrogens (tertiary/aromatic N) is 2. The summed E-state index contributed by atoms with van der Waals surface area (Å²) in [6, 6.07) is 15.7. The zero-order valence-corrected chi connectivity index (χ0v) is 26.1. The number of sulfonamides is 1. The van der Waals surface area contributed by atoms with E-state index in [0.717, 1.165) is 5.56 Å². The molecule has 0 saturated carbocycles. The molecular weight excluding hydrogens is 600 g/mol. The number of benzene rings is 2. The summed E-state index contributed by atoms with van der Waals surface area (Å²) in [7, 11) is -4.19. The Bertz CT molecular complexity index is 1580. The van der Waals surface area contributed by atoms with E-state index in [1.54, 1.807) is 55.3 Å². The number of carboxylic acid groups (broad SMARTS) is 1. The number of pyridine rings is 1. The van der Waals surface area contributed by atoms with Crippen molar-refractivity contribution in [1.82, 2.24) is 19.9 Å². The summed E-state index contributed by atoms with van der Waals surface area (Å²) in [5.41, 5.74) is 2.49. The predicted molar refractivity (Wildman–Crippen MR) is 168 cm³/mol. The maximum Gasteiger partial charge on any atom is 0.323 e. The van der Waals surface area contributed by atoms with Gasteiger partial charge in [-0.05, 0) is 62.6 Å². The minimum Gasteiger partial charge on any atom is -0.480 e. The first-order valence-electron chi connectivity index (χ1n) is 14.4. The summed E-state index contributed by atoms with van der Waals surface area (Å²) in [6.07, 6.45) is 1.61. The molecular formula is C31H38N6O7S. The Kier molecular flexibility index (Phi) is 11.1. The van der Waals surface area contributed by atoms with Gasteiger partial charge in [0.05, 0.1) is 17.0 Å². The quantitative estimate of drug-likeness (QED) is 0.188. The van der Waals surface area contributed by atoms with Crippen molar-refractivity contribution < 1.29 is 32.6 Å². The van der Waals surface area contributed by atoms with Crippen molar-refractivity contribution in [1.29, 1.82) is 0 Å². The molecule has 240 valence electrons. The van der Waals surface area contributed by atoms with E-state index in [2.05, 4.69) is 25.7 Å². The molecule has 5 N–H and O–H groups in total. The first-order valence-corrected chi connectivity index (χ1v) is 15.9. The number of anilines is 2. The van der Waals surface area contributed by atoms with Gasteiger partial charge in [0.15, 0.2) is 0 Å². The number of carbonyl (C=O) groups is 3. The number of para-hydroxylation sites is 1. The Balaban J connectivity index is 1.33. The van der Waals surface area contributed by atoms with Crippen molar-refractivity contribution in [2.45, 2.75) is 50.3 Å². The van der Waals surface area contributed by atoms with Crippen LogP contribution < -0.4 is 20.7 Å². The van der Waals surface area contributed by atoms with Crippen molar-refractivity contribution in [2.75, 3.05) is 36.9 Å². The molecule has 1 saturated heterocycles. The third kappa shape index (κ3) is 9.23. The Morgan fingerprint density at radius 2 is 1.73 bits per heavy atom. The van der Waals surface area contributed by atoms with Crippen LogP contribution in [0.25, 0.3) is 0 Å². The second-order valence-electron chi connectivity index (χ2n) is 10.9. The monoisotopic (exact) mass is 638 g/mol. The average molecular weight is 639 g/mol. The number of likely N-dealkylation sites (tertiary alicyclic amines) is 1. The summed E-state index contributed by atoms with van der Waals surface area (Å²) in [4.78, 5) is 43.6. The van der Waals surface area contributed by atoms with Gasteiger partial charge in [0, 0.05) is 31.5 Å². The minimum atomic E-state index is -4.19. The fourth-order valence-electron chi connectivity index (χ4n) is 5.32. The number of rotatable bonds is 13. The number of aromatic nitrogens is 1. The largest absolute Gasteiger partial charge is 0.480 e. The van der Waals surface area contributed by atoms with Gasteiger partial charge in [0.25, 0.3) is 0 Å². The molecule has 2 aromatic carbocycles. The number of nitrogens with one attached hydrogen (secondary N) is 4. The lowest BCUT2D eigenvalue weighted by atomic mass is 10.1. The Hall–Kier alpha value is -4.53. The minimum absolute atomic E-state index is 0.00295. The van der Waals surface area contributed by atoms with Crippen LogP contribution >= 0.6 is 0 Å². The van der Waals surface area contributed by atoms with Crippen LogP contribution in [0.3, 0.4) is 0 Å². The van der Waals surface area contributed by atoms with Crippen molar-refractivity contribution in [3.05, 3.63) is 83.6 Å². The molecule has 0 radical (unpaired) electrons. The van der Waals surface area contributed by atoms with Gasteiger partial charge < -0.3 is 30.7 Å². The molecule has 14 heteroatoms. The molecule has 1 aliphatic heterocycles. The highest BCUT2D eigenvalue weighted by Gasteiger charge is 2.36. The maximum absolute atomic E-state index is 13.2. The van der Waals surface area contributed by atoms with E-state index in [0.29, 0.717) is 35.6 Å². The van der Waals surface area contributed by atoms with E-state index in [1.807, 2.05) is 37.3 Å². The van der Waals surface area contributed by atoms with Crippen molar-refractivity contribution in [3.63, 3.8) is 0 Å². The standard InChI is InChI=1S/C31H38N6O7S/c1-20-13-21(2)29(22(3)14-20)45(42,43)36-26(30(39)40)17-34-28(38)19-44-25-15-24(16-33-27-11-7-8-12-32-27)37(18-25)31(41)35-23-9-5-4-6-10-23/h4-14,24-26,36H,15-19H2,1-3H3,(H,32,33)(H,34,38)(H,35,41)(H,39,40)/t24-,25+,26-/m0/s1. The molecule has 1 fully saturated rings. The van der Waals surface area contributed by atoms with Crippen LogP contribution in [0.15, 0.2) is 71.8 Å². The van der Waals surface area contributed by atoms with Gasteiger partial charge >= 0.3 is 12.0 Å². The van der Waals surface area contributed by atoms with E-state index >= 15 is 0 Å². The van der Waals surface area contributed by atoms with Crippen LogP contribution in [-0.4, -0.2) is 85.7 Å². The molecule has 1 aliphatic rings. The zero-order chi connectivity index (χ0) is 32.6. The summed E-state index contributed by atoms with van der Waals surface area (Å²) in [5, 5.41) is 18.2. The summed E-state index contributed by atoms with van der Waals surface area (Å²) >= 11 is 0. The van der Waals surface area contributed by atoms with Crippen LogP contribution in [0, 0.1) is 20.8 Å². The topological polar surface area (TPSA) is 179 Å². The number of urea groups is 1. The van der Waals surface area contributed by atoms with Crippen LogP contribution in [0.2, 0.25) is 0 Å². The summed E-state index contributed by atoms with van der Waals surface area (Å²) in [5.74, 6) is -1.42. The van der Waals surface area contributed by atoms with E-state index in [-0.39, 0.29) is 23.5 Å². The lowest BCUT2D eigenvalue weighted by Gasteiger charge is -2.25. The average Bonchev–Trinajstić information content (AvgIpc) is 3.40. The lowest BCUT2D eigenvalue weighted by Crippen LogP contribution is -2.49. The molecule has 3 atom stereocenters. The number of carboxylic acids is 1. The van der Waals surface area contributed by atoms with Crippen LogP contribution in [0.5, 0.6) is 0 Å². The number of hydrogen-bond acceptors (Lipinski definition) is 8. The number of carbonyl (C=O) groups excluding carboxylic acids is 2.